The molecule has 0 aliphatic heterocycles. The average Bonchev–Trinajstić information content (AvgIpc) is 1.69. The van der Waals surface area contributed by atoms with Crippen LogP contribution < -0.4 is 0 Å². The molecule has 0 aromatic heterocycles. The molecule has 0 aliphatic rings. The van der Waals surface area contributed by atoms with Crippen molar-refractivity contribution in [3.63, 3.8) is 0 Å². The van der Waals surface area contributed by atoms with Gasteiger partial charge in [0.2, 0.25) is 0 Å². The monoisotopic (exact) mass is 88.1 g/mol. The van der Waals surface area contributed by atoms with Gasteiger partial charge in [-0.2, -0.15) is 0 Å². The molecule has 0 spiro atoms. The van der Waals surface area contributed by atoms with Crippen LogP contribution in [0.4, 0.5) is 0 Å². The highest BCUT2D eigenvalue weighted by Gasteiger charge is 1.77. The fourth-order valence-electron chi connectivity index (χ4n) is 0.279. The highest BCUT2D eigenvalue weighted by atomic mass is 16.2. The van der Waals surface area contributed by atoms with Gasteiger partial charge < -0.3 is 0 Å². The van der Waals surface area contributed by atoms with Crippen LogP contribution in [0.2, 0.25) is 0 Å². The lowest BCUT2D eigenvalue weighted by Gasteiger charge is -1.84. The van der Waals surface area contributed by atoms with Gasteiger partial charge in [0.1, 0.15) is 0 Å². The molecule has 1 heteroatoms. The Hall–Kier alpha value is -0.0400. The Bertz CT molecular complexity index is 27.3. The topological polar surface area (TPSA) is 19.9 Å². The molecule has 0 saturated carbocycles. The summed E-state index contributed by atoms with van der Waals surface area (Å²) in [7, 11) is 0. The number of rotatable bonds is 3. The molecule has 0 bridgehead atoms. The molecule has 0 heterocycles. The second-order valence-corrected chi connectivity index (χ2v) is 1.26. The van der Waals surface area contributed by atoms with Gasteiger partial charge in [0, 0.05) is 1.37 Å². The maximum atomic E-state index is 9.74. The van der Waals surface area contributed by atoms with Crippen LogP contribution in [0.25, 0.3) is 0 Å². The maximum absolute atomic E-state index is 9.74. The van der Waals surface area contributed by atoms with Crippen LogP contribution >= 0.6 is 0 Å². The summed E-state index contributed by atoms with van der Waals surface area (Å²) in [5, 5.41) is 9.74. The van der Waals surface area contributed by atoms with Crippen LogP contribution in [0.15, 0.2) is 0 Å². The molecule has 0 saturated heterocycles. The van der Waals surface area contributed by atoms with Gasteiger partial charge >= 0.3 is 0 Å². The molecule has 1 radical (unpaired) electrons. The molecule has 0 fully saturated rings. The Kier molecular flexibility index (Phi) is 3.41. The van der Waals surface area contributed by atoms with Crippen molar-refractivity contribution in [1.82, 2.24) is 0 Å². The van der Waals surface area contributed by atoms with Crippen molar-refractivity contribution in [2.75, 3.05) is 6.61 Å². The molecule has 0 amide bonds. The number of unbranched alkanes of at least 4 members (excludes halogenated alkanes) is 2. The van der Waals surface area contributed by atoms with Crippen molar-refractivity contribution >= 4 is 0 Å². The van der Waals surface area contributed by atoms with E-state index in [1.165, 1.54) is 0 Å². The summed E-state index contributed by atoms with van der Waals surface area (Å²) in [6.45, 7) is 0.500. The minimum atomic E-state index is 0.0278. The lowest BCUT2D eigenvalue weighted by atomic mass is 10.3. The molecule has 0 aromatic carbocycles. The molecule has 1 nitrogen and oxygen atoms in total. The zero-order valence-corrected chi connectivity index (χ0v) is 3.94. The van der Waals surface area contributed by atoms with Crippen molar-refractivity contribution in [3.8, 4) is 0 Å². The normalized spacial score (nSPS) is 11.2. The summed E-state index contributed by atoms with van der Waals surface area (Å²) in [6.07, 6.45) is 2.58. The molecule has 6 heavy (non-hydrogen) atoms. The Morgan fingerprint density at radius 2 is 2.50 bits per heavy atom. The molecule has 0 atom stereocenters. The highest BCUT2D eigenvalue weighted by Crippen LogP contribution is 1.89. The first-order chi connectivity index (χ1) is 3.41. The third kappa shape index (κ3) is 3.96. The van der Waals surface area contributed by atoms with E-state index in [9.17, 15) is 5.11 Å². The van der Waals surface area contributed by atoms with Gasteiger partial charge in [-0.15, -0.1) is 0 Å². The predicted molar refractivity (Wildman–Crippen MR) is 25.1 cm³/mol. The molecular formula is C5H11O. The van der Waals surface area contributed by atoms with Gasteiger partial charge in [0.15, 0.2) is 0 Å². The zero-order valence-electron chi connectivity index (χ0n) is 4.94. The van der Waals surface area contributed by atoms with Crippen LogP contribution in [0.3, 0.4) is 0 Å². The standard InChI is InChI=1S/C5H11O/c1-2-3-4-5-6/h2-5H2,1H3/i1D. The second-order valence-electron chi connectivity index (χ2n) is 1.26. The van der Waals surface area contributed by atoms with Crippen molar-refractivity contribution in [3.05, 3.63) is 0 Å². The first-order valence-electron chi connectivity index (χ1n) is 3.00. The van der Waals surface area contributed by atoms with Crippen molar-refractivity contribution < 1.29 is 6.48 Å². The largest absolute Gasteiger partial charge is 0.237 e. The fourth-order valence-corrected chi connectivity index (χ4v) is 0.279. The van der Waals surface area contributed by atoms with E-state index in [-0.39, 0.29) is 6.61 Å². The van der Waals surface area contributed by atoms with Gasteiger partial charge in [-0.1, -0.05) is 19.7 Å². The fraction of sp³-hybridized carbons (Fsp3) is 1.00. The van der Waals surface area contributed by atoms with Crippen LogP contribution in [0.1, 0.15) is 27.5 Å². The van der Waals surface area contributed by atoms with Crippen LogP contribution in [-0.4, -0.2) is 6.61 Å². The van der Waals surface area contributed by atoms with Crippen LogP contribution in [0, 0.1) is 0 Å². The van der Waals surface area contributed by atoms with Gasteiger partial charge in [-0.25, -0.2) is 5.11 Å². The van der Waals surface area contributed by atoms with E-state index in [0.717, 1.165) is 19.3 Å². The summed E-state index contributed by atoms with van der Waals surface area (Å²) in [6, 6.07) is 0. The van der Waals surface area contributed by atoms with E-state index in [4.69, 9.17) is 1.37 Å². The van der Waals surface area contributed by atoms with Crippen molar-refractivity contribution in [1.29, 1.82) is 0 Å². The van der Waals surface area contributed by atoms with E-state index in [1.807, 2.05) is 0 Å². The Balaban J connectivity index is 2.45. The lowest BCUT2D eigenvalue weighted by molar-refractivity contribution is 0.186. The maximum Gasteiger partial charge on any atom is 0.0822 e. The van der Waals surface area contributed by atoms with Crippen LogP contribution in [-0.2, 0) is 5.11 Å². The molecule has 0 aromatic rings. The summed E-state index contributed by atoms with van der Waals surface area (Å²) in [5.74, 6) is 0. The summed E-state index contributed by atoms with van der Waals surface area (Å²) >= 11 is 0. The summed E-state index contributed by atoms with van der Waals surface area (Å²) in [5.41, 5.74) is 0. The van der Waals surface area contributed by atoms with Gasteiger partial charge in [0.05, 0.1) is 6.61 Å². The number of hydrogen-bond donors (Lipinski definition) is 0. The first kappa shape index (κ1) is 4.13. The third-order valence-corrected chi connectivity index (χ3v) is 0.644. The molecular weight excluding hydrogens is 76.1 g/mol. The molecule has 0 aliphatic carbocycles. The van der Waals surface area contributed by atoms with Gasteiger partial charge in [-0.05, 0) is 6.42 Å². The number of hydrogen-bond acceptors (Lipinski definition) is 0. The van der Waals surface area contributed by atoms with E-state index in [0.29, 0.717) is 6.90 Å². The molecule has 0 N–H and O–H groups in total. The molecule has 0 rings (SSSR count). The smallest absolute Gasteiger partial charge is 0.0822 e. The van der Waals surface area contributed by atoms with E-state index in [2.05, 4.69) is 0 Å². The average molecular weight is 88.1 g/mol. The molecule has 0 unspecified atom stereocenters. The molecule has 37 valence electrons. The van der Waals surface area contributed by atoms with Crippen molar-refractivity contribution in [2.45, 2.75) is 26.2 Å². The Morgan fingerprint density at radius 3 is 3.00 bits per heavy atom. The second kappa shape index (κ2) is 4.96. The summed E-state index contributed by atoms with van der Waals surface area (Å²) in [4.78, 5) is 0. The predicted octanol–water partition coefficient (Wildman–Crippen LogP) is 1.61. The van der Waals surface area contributed by atoms with E-state index in [1.54, 1.807) is 0 Å². The third-order valence-electron chi connectivity index (χ3n) is 0.644. The quantitative estimate of drug-likeness (QED) is 0.467. The van der Waals surface area contributed by atoms with Gasteiger partial charge in [0.25, 0.3) is 0 Å². The SMILES string of the molecule is [2H]CCCCC[O]. The lowest BCUT2D eigenvalue weighted by Crippen LogP contribution is -1.76. The highest BCUT2D eigenvalue weighted by molar-refractivity contribution is 4.30. The van der Waals surface area contributed by atoms with Crippen LogP contribution in [0.5, 0.6) is 0 Å². The Morgan fingerprint density at radius 1 is 1.67 bits per heavy atom. The van der Waals surface area contributed by atoms with E-state index < -0.39 is 0 Å². The van der Waals surface area contributed by atoms with Crippen molar-refractivity contribution in [2.24, 2.45) is 0 Å². The van der Waals surface area contributed by atoms with E-state index >= 15 is 0 Å². The minimum Gasteiger partial charge on any atom is -0.237 e. The zero-order chi connectivity index (χ0) is 5.54. The Labute approximate surface area is 40.4 Å². The van der Waals surface area contributed by atoms with Gasteiger partial charge in [-0.3, -0.25) is 0 Å². The minimum absolute atomic E-state index is 0.0278. The first-order valence-corrected chi connectivity index (χ1v) is 2.29. The summed E-state index contributed by atoms with van der Waals surface area (Å²) < 4.78 is 6.68.